The van der Waals surface area contributed by atoms with Gasteiger partial charge in [-0.25, -0.2) is 15.8 Å². The lowest BCUT2D eigenvalue weighted by atomic mass is 10.2. The number of rotatable bonds is 3. The number of nitrogen functional groups attached to an aromatic ring is 1. The van der Waals surface area contributed by atoms with Crippen LogP contribution in [0.2, 0.25) is 0 Å². The van der Waals surface area contributed by atoms with E-state index in [1.54, 1.807) is 24.3 Å². The number of para-hydroxylation sites is 1. The lowest BCUT2D eigenvalue weighted by Crippen LogP contribution is -2.09. The maximum absolute atomic E-state index is 8.94. The Morgan fingerprint density at radius 2 is 1.94 bits per heavy atom. The van der Waals surface area contributed by atoms with Crippen molar-refractivity contribution in [2.45, 2.75) is 0 Å². The normalized spacial score (nSPS) is 9.41. The second-order valence-corrected chi connectivity index (χ2v) is 3.22. The van der Waals surface area contributed by atoms with Crippen LogP contribution in [0.3, 0.4) is 0 Å². The standard InChI is InChI=1S/C11H10N6/c12-6-8-3-1-2-4-9(8)16-10-5-11(17-13)15-7-14-10/h1-5,7H,13H2,(H2,14,15,16,17). The van der Waals surface area contributed by atoms with E-state index in [0.717, 1.165) is 0 Å². The second-order valence-electron chi connectivity index (χ2n) is 3.22. The number of nitrogens with one attached hydrogen (secondary N) is 2. The van der Waals surface area contributed by atoms with E-state index >= 15 is 0 Å². The van der Waals surface area contributed by atoms with Crippen LogP contribution in [0.4, 0.5) is 17.3 Å². The van der Waals surface area contributed by atoms with Crippen molar-refractivity contribution in [3.63, 3.8) is 0 Å². The maximum atomic E-state index is 8.94. The SMILES string of the molecule is N#Cc1ccccc1Nc1cc(NN)ncn1. The summed E-state index contributed by atoms with van der Waals surface area (Å²) in [6.07, 6.45) is 1.38. The highest BCUT2D eigenvalue weighted by Crippen LogP contribution is 2.19. The molecule has 0 fully saturated rings. The van der Waals surface area contributed by atoms with Gasteiger partial charge in [-0.1, -0.05) is 12.1 Å². The van der Waals surface area contributed by atoms with E-state index in [9.17, 15) is 0 Å². The molecule has 0 saturated heterocycles. The molecule has 1 aromatic carbocycles. The Morgan fingerprint density at radius 1 is 1.18 bits per heavy atom. The van der Waals surface area contributed by atoms with Gasteiger partial charge in [-0.2, -0.15) is 5.26 Å². The van der Waals surface area contributed by atoms with Gasteiger partial charge >= 0.3 is 0 Å². The molecule has 1 heterocycles. The Hall–Kier alpha value is -2.65. The van der Waals surface area contributed by atoms with Gasteiger partial charge in [0.2, 0.25) is 0 Å². The van der Waals surface area contributed by atoms with E-state index in [2.05, 4.69) is 26.8 Å². The summed E-state index contributed by atoms with van der Waals surface area (Å²) >= 11 is 0. The molecule has 6 nitrogen and oxygen atoms in total. The summed E-state index contributed by atoms with van der Waals surface area (Å²) in [5, 5.41) is 12.0. The number of benzene rings is 1. The van der Waals surface area contributed by atoms with Crippen molar-refractivity contribution >= 4 is 17.3 Å². The van der Waals surface area contributed by atoms with Crippen molar-refractivity contribution in [2.75, 3.05) is 10.7 Å². The van der Waals surface area contributed by atoms with Crippen LogP contribution < -0.4 is 16.6 Å². The van der Waals surface area contributed by atoms with Crippen LogP contribution in [0.1, 0.15) is 5.56 Å². The minimum absolute atomic E-state index is 0.497. The molecule has 0 bridgehead atoms. The summed E-state index contributed by atoms with van der Waals surface area (Å²) < 4.78 is 0. The van der Waals surface area contributed by atoms with Crippen molar-refractivity contribution in [2.24, 2.45) is 5.84 Å². The van der Waals surface area contributed by atoms with Gasteiger partial charge in [-0.05, 0) is 12.1 Å². The molecule has 0 unspecified atom stereocenters. The van der Waals surface area contributed by atoms with Gasteiger partial charge in [-0.15, -0.1) is 0 Å². The minimum Gasteiger partial charge on any atom is -0.339 e. The fourth-order valence-corrected chi connectivity index (χ4v) is 1.33. The molecule has 84 valence electrons. The first kappa shape index (κ1) is 10.9. The third-order valence-electron chi connectivity index (χ3n) is 2.13. The summed E-state index contributed by atoms with van der Waals surface area (Å²) in [4.78, 5) is 7.92. The fourth-order valence-electron chi connectivity index (χ4n) is 1.33. The molecule has 6 heteroatoms. The number of nitrogens with zero attached hydrogens (tertiary/aromatic N) is 3. The molecular formula is C11H10N6. The van der Waals surface area contributed by atoms with Gasteiger partial charge < -0.3 is 10.7 Å². The van der Waals surface area contributed by atoms with E-state index in [4.69, 9.17) is 11.1 Å². The maximum Gasteiger partial charge on any atom is 0.145 e. The molecule has 0 aliphatic carbocycles. The molecule has 0 atom stereocenters. The van der Waals surface area contributed by atoms with E-state index in [1.165, 1.54) is 6.33 Å². The first-order chi connectivity index (χ1) is 8.33. The Balaban J connectivity index is 2.28. The average molecular weight is 226 g/mol. The van der Waals surface area contributed by atoms with Gasteiger partial charge in [0.25, 0.3) is 0 Å². The Labute approximate surface area is 98.1 Å². The van der Waals surface area contributed by atoms with Crippen LogP contribution >= 0.6 is 0 Å². The lowest BCUT2D eigenvalue weighted by Gasteiger charge is -2.07. The zero-order valence-corrected chi connectivity index (χ0v) is 8.88. The molecule has 0 aliphatic rings. The molecule has 0 radical (unpaired) electrons. The van der Waals surface area contributed by atoms with Crippen LogP contribution in [-0.2, 0) is 0 Å². The summed E-state index contributed by atoms with van der Waals surface area (Å²) in [5.74, 6) is 6.31. The predicted octanol–water partition coefficient (Wildman–Crippen LogP) is 1.38. The number of nitriles is 1. The molecule has 2 rings (SSSR count). The topological polar surface area (TPSA) is 99.7 Å². The number of aromatic nitrogens is 2. The highest BCUT2D eigenvalue weighted by molar-refractivity contribution is 5.65. The van der Waals surface area contributed by atoms with Gasteiger partial charge in [0.05, 0.1) is 11.3 Å². The molecule has 2 aromatic rings. The van der Waals surface area contributed by atoms with Crippen LogP contribution in [0, 0.1) is 11.3 Å². The van der Waals surface area contributed by atoms with Crippen molar-refractivity contribution < 1.29 is 0 Å². The van der Waals surface area contributed by atoms with Crippen molar-refractivity contribution in [3.05, 3.63) is 42.2 Å². The first-order valence-corrected chi connectivity index (χ1v) is 4.88. The lowest BCUT2D eigenvalue weighted by molar-refractivity contribution is 1.14. The van der Waals surface area contributed by atoms with Crippen LogP contribution in [0.5, 0.6) is 0 Å². The molecule has 0 saturated carbocycles. The van der Waals surface area contributed by atoms with Gasteiger partial charge in [0.1, 0.15) is 24.0 Å². The fraction of sp³-hybridized carbons (Fsp3) is 0. The summed E-state index contributed by atoms with van der Waals surface area (Å²) in [5.41, 5.74) is 3.67. The number of hydrogen-bond acceptors (Lipinski definition) is 6. The third kappa shape index (κ3) is 2.48. The smallest absolute Gasteiger partial charge is 0.145 e. The summed E-state index contributed by atoms with van der Waals surface area (Å²) in [7, 11) is 0. The third-order valence-corrected chi connectivity index (χ3v) is 2.13. The zero-order chi connectivity index (χ0) is 12.1. The molecule has 0 aliphatic heterocycles. The van der Waals surface area contributed by atoms with E-state index in [-0.39, 0.29) is 0 Å². The van der Waals surface area contributed by atoms with E-state index in [0.29, 0.717) is 22.9 Å². The first-order valence-electron chi connectivity index (χ1n) is 4.88. The predicted molar refractivity (Wildman–Crippen MR) is 64.3 cm³/mol. The molecule has 4 N–H and O–H groups in total. The minimum atomic E-state index is 0.497. The highest BCUT2D eigenvalue weighted by Gasteiger charge is 2.02. The average Bonchev–Trinajstić information content (AvgIpc) is 2.39. The second kappa shape index (κ2) is 4.92. The van der Waals surface area contributed by atoms with Gasteiger partial charge in [0, 0.05) is 6.07 Å². The molecule has 17 heavy (non-hydrogen) atoms. The van der Waals surface area contributed by atoms with Crippen molar-refractivity contribution in [3.8, 4) is 6.07 Å². The van der Waals surface area contributed by atoms with Crippen molar-refractivity contribution in [1.82, 2.24) is 9.97 Å². The van der Waals surface area contributed by atoms with Crippen LogP contribution in [0.15, 0.2) is 36.7 Å². The van der Waals surface area contributed by atoms with Gasteiger partial charge in [-0.3, -0.25) is 0 Å². The van der Waals surface area contributed by atoms with Gasteiger partial charge in [0.15, 0.2) is 0 Å². The Kier molecular flexibility index (Phi) is 3.14. The largest absolute Gasteiger partial charge is 0.339 e. The van der Waals surface area contributed by atoms with Crippen LogP contribution in [0.25, 0.3) is 0 Å². The Morgan fingerprint density at radius 3 is 2.71 bits per heavy atom. The van der Waals surface area contributed by atoms with Crippen molar-refractivity contribution in [1.29, 1.82) is 5.26 Å². The number of hydrazine groups is 1. The molecule has 0 amide bonds. The molecule has 1 aromatic heterocycles. The van der Waals surface area contributed by atoms with E-state index < -0.39 is 0 Å². The quantitative estimate of drug-likeness (QED) is 0.540. The summed E-state index contributed by atoms with van der Waals surface area (Å²) in [6.45, 7) is 0. The molecular weight excluding hydrogens is 216 g/mol. The Bertz CT molecular complexity index is 560. The zero-order valence-electron chi connectivity index (χ0n) is 8.88. The monoisotopic (exact) mass is 226 g/mol. The highest BCUT2D eigenvalue weighted by atomic mass is 15.3. The number of hydrogen-bond donors (Lipinski definition) is 3. The number of nitrogens with two attached hydrogens (primary N) is 1. The summed E-state index contributed by atoms with van der Waals surface area (Å²) in [6, 6.07) is 10.9. The number of anilines is 3. The van der Waals surface area contributed by atoms with Crippen LogP contribution in [-0.4, -0.2) is 9.97 Å². The van der Waals surface area contributed by atoms with E-state index in [1.807, 2.05) is 6.07 Å². The molecule has 0 spiro atoms.